The molecule has 1 amide bonds. The third-order valence-electron chi connectivity index (χ3n) is 2.77. The Balaban J connectivity index is 2.75. The Morgan fingerprint density at radius 1 is 1.55 bits per heavy atom. The maximum absolute atomic E-state index is 11.7. The van der Waals surface area contributed by atoms with E-state index in [4.69, 9.17) is 10.5 Å². The number of carbonyl (C=O) groups is 1. The van der Waals surface area contributed by atoms with Gasteiger partial charge in [0.25, 0.3) is 0 Å². The smallest absolute Gasteiger partial charge is 0.312 e. The highest BCUT2D eigenvalue weighted by Crippen LogP contribution is 2.29. The monoisotopic (exact) mass is 281 g/mol. The lowest BCUT2D eigenvalue weighted by atomic mass is 10.1. The molecule has 110 valence electrons. The summed E-state index contributed by atoms with van der Waals surface area (Å²) in [7, 11) is 1.35. The van der Waals surface area contributed by atoms with E-state index in [1.165, 1.54) is 19.2 Å². The van der Waals surface area contributed by atoms with Crippen molar-refractivity contribution >= 4 is 17.3 Å². The number of anilines is 1. The molecule has 0 aliphatic heterocycles. The van der Waals surface area contributed by atoms with Gasteiger partial charge >= 0.3 is 5.69 Å². The zero-order valence-corrected chi connectivity index (χ0v) is 11.6. The van der Waals surface area contributed by atoms with E-state index in [0.29, 0.717) is 5.69 Å². The standard InChI is InChI=1S/C13H19N3O4/c1-3-4-9(14)7-13(17)15-10-5-6-12(20-2)11(8-10)16(18)19/h5-6,8-9H,3-4,7,14H2,1-2H3,(H,15,17). The average Bonchev–Trinajstić information content (AvgIpc) is 2.38. The number of nitrogens with two attached hydrogens (primary N) is 1. The SMILES string of the molecule is CCCC(N)CC(=O)Nc1ccc(OC)c([N+](=O)[O-])c1. The summed E-state index contributed by atoms with van der Waals surface area (Å²) in [6.45, 7) is 1.99. The molecule has 0 spiro atoms. The Kier molecular flexibility index (Phi) is 5.92. The van der Waals surface area contributed by atoms with Crippen molar-refractivity contribution in [2.24, 2.45) is 5.73 Å². The first-order chi connectivity index (χ1) is 9.47. The van der Waals surface area contributed by atoms with Gasteiger partial charge in [-0.1, -0.05) is 13.3 Å². The van der Waals surface area contributed by atoms with Crippen LogP contribution in [0.1, 0.15) is 26.2 Å². The molecule has 0 aliphatic rings. The van der Waals surface area contributed by atoms with Gasteiger partial charge in [0, 0.05) is 24.2 Å². The highest BCUT2D eigenvalue weighted by atomic mass is 16.6. The van der Waals surface area contributed by atoms with Crippen molar-refractivity contribution in [1.29, 1.82) is 0 Å². The minimum Gasteiger partial charge on any atom is -0.490 e. The molecular weight excluding hydrogens is 262 g/mol. The van der Waals surface area contributed by atoms with Crippen molar-refractivity contribution < 1.29 is 14.5 Å². The van der Waals surface area contributed by atoms with Gasteiger partial charge in [-0.05, 0) is 18.6 Å². The van der Waals surface area contributed by atoms with Crippen LogP contribution in [0.5, 0.6) is 5.75 Å². The van der Waals surface area contributed by atoms with Crippen molar-refractivity contribution in [3.8, 4) is 5.75 Å². The summed E-state index contributed by atoms with van der Waals surface area (Å²) in [5.41, 5.74) is 5.93. The Morgan fingerprint density at radius 2 is 2.25 bits per heavy atom. The summed E-state index contributed by atoms with van der Waals surface area (Å²) in [6.07, 6.45) is 1.85. The summed E-state index contributed by atoms with van der Waals surface area (Å²) in [5, 5.41) is 13.5. The molecule has 0 heterocycles. The summed E-state index contributed by atoms with van der Waals surface area (Å²) in [4.78, 5) is 22.1. The normalized spacial score (nSPS) is 11.8. The van der Waals surface area contributed by atoms with Gasteiger partial charge < -0.3 is 15.8 Å². The fourth-order valence-corrected chi connectivity index (χ4v) is 1.83. The molecule has 0 saturated heterocycles. The summed E-state index contributed by atoms with van der Waals surface area (Å²) < 4.78 is 4.89. The molecule has 7 nitrogen and oxygen atoms in total. The highest BCUT2D eigenvalue weighted by Gasteiger charge is 2.16. The van der Waals surface area contributed by atoms with Gasteiger partial charge in [-0.25, -0.2) is 0 Å². The molecule has 1 aromatic rings. The lowest BCUT2D eigenvalue weighted by Crippen LogP contribution is -2.26. The maximum atomic E-state index is 11.7. The maximum Gasteiger partial charge on any atom is 0.312 e. The second kappa shape index (κ2) is 7.44. The molecule has 1 aromatic carbocycles. The molecule has 7 heteroatoms. The van der Waals surface area contributed by atoms with Crippen LogP contribution in [0.4, 0.5) is 11.4 Å². The number of benzene rings is 1. The molecule has 1 atom stereocenters. The first kappa shape index (κ1) is 15.9. The molecule has 0 aromatic heterocycles. The Morgan fingerprint density at radius 3 is 2.80 bits per heavy atom. The average molecular weight is 281 g/mol. The first-order valence-corrected chi connectivity index (χ1v) is 6.35. The number of amides is 1. The van der Waals surface area contributed by atoms with Crippen LogP contribution in [0.25, 0.3) is 0 Å². The van der Waals surface area contributed by atoms with E-state index in [9.17, 15) is 14.9 Å². The number of rotatable bonds is 7. The second-order valence-corrected chi connectivity index (χ2v) is 4.44. The Bertz CT molecular complexity index is 491. The number of nitro benzene ring substituents is 1. The van der Waals surface area contributed by atoms with E-state index in [0.717, 1.165) is 12.8 Å². The van der Waals surface area contributed by atoms with Gasteiger partial charge in [-0.3, -0.25) is 14.9 Å². The summed E-state index contributed by atoms with van der Waals surface area (Å²) >= 11 is 0. The van der Waals surface area contributed by atoms with Crippen LogP contribution >= 0.6 is 0 Å². The van der Waals surface area contributed by atoms with E-state index in [2.05, 4.69) is 5.32 Å². The van der Waals surface area contributed by atoms with Gasteiger partial charge in [-0.15, -0.1) is 0 Å². The number of nitrogens with zero attached hydrogens (tertiary/aromatic N) is 1. The van der Waals surface area contributed by atoms with Crippen molar-refractivity contribution in [2.75, 3.05) is 12.4 Å². The molecule has 0 bridgehead atoms. The summed E-state index contributed by atoms with van der Waals surface area (Å²) in [6, 6.07) is 4.06. The number of carbonyl (C=O) groups excluding carboxylic acids is 1. The molecule has 1 unspecified atom stereocenters. The highest BCUT2D eigenvalue weighted by molar-refractivity contribution is 5.91. The molecule has 3 N–H and O–H groups in total. The quantitative estimate of drug-likeness (QED) is 0.587. The van der Waals surface area contributed by atoms with Crippen molar-refractivity contribution in [2.45, 2.75) is 32.2 Å². The molecule has 20 heavy (non-hydrogen) atoms. The van der Waals surface area contributed by atoms with E-state index < -0.39 is 4.92 Å². The van der Waals surface area contributed by atoms with Crippen LogP contribution in [-0.2, 0) is 4.79 Å². The van der Waals surface area contributed by atoms with Crippen molar-refractivity contribution in [1.82, 2.24) is 0 Å². The number of nitro groups is 1. The molecule has 1 rings (SSSR count). The van der Waals surface area contributed by atoms with Crippen LogP contribution < -0.4 is 15.8 Å². The fourth-order valence-electron chi connectivity index (χ4n) is 1.83. The minimum atomic E-state index is -0.558. The number of ether oxygens (including phenoxy) is 1. The zero-order valence-electron chi connectivity index (χ0n) is 11.6. The molecule has 0 saturated carbocycles. The van der Waals surface area contributed by atoms with Gasteiger partial charge in [0.2, 0.25) is 5.91 Å². The van der Waals surface area contributed by atoms with Crippen LogP contribution in [0.3, 0.4) is 0 Å². The minimum absolute atomic E-state index is 0.149. The molecule has 0 radical (unpaired) electrons. The Labute approximate surface area is 117 Å². The van der Waals surface area contributed by atoms with E-state index in [1.54, 1.807) is 6.07 Å². The van der Waals surface area contributed by atoms with E-state index in [1.807, 2.05) is 6.92 Å². The van der Waals surface area contributed by atoms with Gasteiger partial charge in [0.1, 0.15) is 0 Å². The Hall–Kier alpha value is -2.15. The van der Waals surface area contributed by atoms with E-state index in [-0.39, 0.29) is 29.8 Å². The zero-order chi connectivity index (χ0) is 15.1. The van der Waals surface area contributed by atoms with Crippen LogP contribution in [0, 0.1) is 10.1 Å². The van der Waals surface area contributed by atoms with E-state index >= 15 is 0 Å². The number of hydrogen-bond donors (Lipinski definition) is 2. The number of hydrogen-bond acceptors (Lipinski definition) is 5. The van der Waals surface area contributed by atoms with Gasteiger partial charge in [0.15, 0.2) is 5.75 Å². The third-order valence-corrected chi connectivity index (χ3v) is 2.77. The lowest BCUT2D eigenvalue weighted by molar-refractivity contribution is -0.385. The van der Waals surface area contributed by atoms with Crippen LogP contribution in [0.15, 0.2) is 18.2 Å². The van der Waals surface area contributed by atoms with Gasteiger partial charge in [0.05, 0.1) is 12.0 Å². The second-order valence-electron chi connectivity index (χ2n) is 4.44. The number of nitrogens with one attached hydrogen (secondary N) is 1. The van der Waals surface area contributed by atoms with Crippen molar-refractivity contribution in [3.63, 3.8) is 0 Å². The third kappa shape index (κ3) is 4.51. The number of methoxy groups -OCH3 is 1. The predicted octanol–water partition coefficient (Wildman–Crippen LogP) is 2.06. The molecule has 0 aliphatic carbocycles. The topological polar surface area (TPSA) is 107 Å². The van der Waals surface area contributed by atoms with Crippen LogP contribution in [0.2, 0.25) is 0 Å². The van der Waals surface area contributed by atoms with Crippen LogP contribution in [-0.4, -0.2) is 24.0 Å². The van der Waals surface area contributed by atoms with Gasteiger partial charge in [-0.2, -0.15) is 0 Å². The summed E-state index contributed by atoms with van der Waals surface area (Å²) in [5.74, 6) is -0.110. The molecular formula is C13H19N3O4. The fraction of sp³-hybridized carbons (Fsp3) is 0.462. The largest absolute Gasteiger partial charge is 0.490 e. The molecule has 0 fully saturated rings. The first-order valence-electron chi connectivity index (χ1n) is 6.35. The van der Waals surface area contributed by atoms with Crippen molar-refractivity contribution in [3.05, 3.63) is 28.3 Å². The lowest BCUT2D eigenvalue weighted by Gasteiger charge is -2.11. The predicted molar refractivity (Wildman–Crippen MR) is 75.8 cm³/mol.